The fourth-order valence-corrected chi connectivity index (χ4v) is 3.78. The molecule has 0 saturated carbocycles. The van der Waals surface area contributed by atoms with Crippen LogP contribution < -0.4 is 5.73 Å². The van der Waals surface area contributed by atoms with Crippen molar-refractivity contribution in [1.82, 2.24) is 9.78 Å². The van der Waals surface area contributed by atoms with Gasteiger partial charge in [-0.05, 0) is 19.1 Å². The average Bonchev–Trinajstić information content (AvgIpc) is 2.56. The largest absolute Gasteiger partial charge is 0.398 e. The second-order valence-electron chi connectivity index (χ2n) is 4.28. The van der Waals surface area contributed by atoms with Crippen LogP contribution in [0.2, 0.25) is 5.15 Å². The summed E-state index contributed by atoms with van der Waals surface area (Å²) in [5.74, 6) is -0.209. The Bertz CT molecular complexity index is 723. The van der Waals surface area contributed by atoms with Crippen molar-refractivity contribution in [2.75, 3.05) is 5.73 Å². The molecule has 0 unspecified atom stereocenters. The van der Waals surface area contributed by atoms with Gasteiger partial charge in [-0.3, -0.25) is 4.68 Å². The van der Waals surface area contributed by atoms with E-state index in [0.717, 1.165) is 0 Å². The first kappa shape index (κ1) is 13.9. The summed E-state index contributed by atoms with van der Waals surface area (Å²) in [5.41, 5.74) is 7.05. The molecule has 0 saturated heterocycles. The highest BCUT2D eigenvalue weighted by Crippen LogP contribution is 2.26. The number of anilines is 1. The fourth-order valence-electron chi connectivity index (χ4n) is 1.87. The highest BCUT2D eigenvalue weighted by Gasteiger charge is 2.22. The van der Waals surface area contributed by atoms with Gasteiger partial charge in [-0.15, -0.1) is 0 Å². The molecule has 0 aliphatic rings. The lowest BCUT2D eigenvalue weighted by Crippen LogP contribution is -2.08. The minimum absolute atomic E-state index is 0.120. The van der Waals surface area contributed by atoms with E-state index in [4.69, 9.17) is 17.3 Å². The van der Waals surface area contributed by atoms with Crippen molar-refractivity contribution in [3.8, 4) is 0 Å². The third-order valence-corrected chi connectivity index (χ3v) is 5.04. The van der Waals surface area contributed by atoms with Gasteiger partial charge < -0.3 is 5.73 Å². The Hall–Kier alpha value is -1.53. The van der Waals surface area contributed by atoms with Crippen molar-refractivity contribution in [1.29, 1.82) is 0 Å². The molecule has 19 heavy (non-hydrogen) atoms. The van der Waals surface area contributed by atoms with Gasteiger partial charge in [0.25, 0.3) is 0 Å². The van der Waals surface area contributed by atoms with E-state index in [9.17, 15) is 8.42 Å². The lowest BCUT2D eigenvalue weighted by atomic mass is 10.3. The molecule has 0 aliphatic heterocycles. The van der Waals surface area contributed by atoms with E-state index < -0.39 is 9.84 Å². The number of sulfone groups is 1. The molecule has 0 fully saturated rings. The highest BCUT2D eigenvalue weighted by molar-refractivity contribution is 7.90. The van der Waals surface area contributed by atoms with E-state index in [1.54, 1.807) is 32.2 Å². The van der Waals surface area contributed by atoms with Crippen LogP contribution in [0, 0.1) is 6.92 Å². The summed E-state index contributed by atoms with van der Waals surface area (Å²) < 4.78 is 26.2. The maximum atomic E-state index is 12.4. The van der Waals surface area contributed by atoms with Crippen LogP contribution in [0.1, 0.15) is 11.3 Å². The molecule has 0 radical (unpaired) electrons. The van der Waals surface area contributed by atoms with Crippen molar-refractivity contribution < 1.29 is 8.42 Å². The zero-order valence-corrected chi connectivity index (χ0v) is 12.2. The van der Waals surface area contributed by atoms with Crippen LogP contribution in [-0.4, -0.2) is 18.2 Å². The molecule has 0 amide bonds. The number of para-hydroxylation sites is 1. The van der Waals surface area contributed by atoms with E-state index in [1.165, 1.54) is 10.7 Å². The molecule has 0 aliphatic carbocycles. The Kier molecular flexibility index (Phi) is 3.56. The molecule has 102 valence electrons. The van der Waals surface area contributed by atoms with Crippen LogP contribution in [0.4, 0.5) is 5.69 Å². The number of aryl methyl sites for hydroxylation is 2. The minimum atomic E-state index is -3.54. The van der Waals surface area contributed by atoms with Gasteiger partial charge in [0.1, 0.15) is 5.15 Å². The normalized spacial score (nSPS) is 11.7. The van der Waals surface area contributed by atoms with Crippen molar-refractivity contribution in [3.05, 3.63) is 40.7 Å². The number of rotatable bonds is 3. The van der Waals surface area contributed by atoms with E-state index in [2.05, 4.69) is 5.10 Å². The van der Waals surface area contributed by atoms with Gasteiger partial charge in [0.05, 0.1) is 22.0 Å². The number of halogens is 1. The third kappa shape index (κ3) is 2.59. The maximum Gasteiger partial charge on any atom is 0.184 e. The van der Waals surface area contributed by atoms with Crippen LogP contribution in [0.25, 0.3) is 0 Å². The first-order valence-electron chi connectivity index (χ1n) is 5.58. The Morgan fingerprint density at radius 1 is 1.37 bits per heavy atom. The minimum Gasteiger partial charge on any atom is -0.398 e. The van der Waals surface area contributed by atoms with Crippen molar-refractivity contribution in [2.24, 2.45) is 7.05 Å². The molecule has 7 heteroatoms. The number of hydrogen-bond acceptors (Lipinski definition) is 4. The second kappa shape index (κ2) is 4.86. The summed E-state index contributed by atoms with van der Waals surface area (Å²) >= 11 is 6.05. The van der Waals surface area contributed by atoms with Gasteiger partial charge in [0.2, 0.25) is 0 Å². The molecule has 2 aromatic rings. The van der Waals surface area contributed by atoms with Crippen LogP contribution >= 0.6 is 11.6 Å². The van der Waals surface area contributed by atoms with E-state index in [1.807, 2.05) is 0 Å². The van der Waals surface area contributed by atoms with Crippen LogP contribution in [-0.2, 0) is 22.6 Å². The fraction of sp³-hybridized carbons (Fsp3) is 0.250. The predicted molar refractivity (Wildman–Crippen MR) is 74.7 cm³/mol. The van der Waals surface area contributed by atoms with Gasteiger partial charge in [-0.1, -0.05) is 23.7 Å². The topological polar surface area (TPSA) is 78.0 Å². The molecule has 1 aromatic heterocycles. The summed E-state index contributed by atoms with van der Waals surface area (Å²) in [4.78, 5) is 0.120. The maximum absolute atomic E-state index is 12.4. The Morgan fingerprint density at radius 2 is 2.00 bits per heavy atom. The lowest BCUT2D eigenvalue weighted by molar-refractivity contribution is 0.595. The SMILES string of the molecule is Cc1nn(C)c(Cl)c1CS(=O)(=O)c1ccccc1N. The quantitative estimate of drug-likeness (QED) is 0.879. The van der Waals surface area contributed by atoms with Crippen molar-refractivity contribution >= 4 is 27.1 Å². The zero-order valence-electron chi connectivity index (χ0n) is 10.6. The average molecular weight is 300 g/mol. The summed E-state index contributed by atoms with van der Waals surface area (Å²) in [6, 6.07) is 6.38. The molecule has 0 bridgehead atoms. The monoisotopic (exact) mass is 299 g/mol. The van der Waals surface area contributed by atoms with E-state index >= 15 is 0 Å². The number of benzene rings is 1. The molecule has 1 heterocycles. The summed E-state index contributed by atoms with van der Waals surface area (Å²) in [6.07, 6.45) is 0. The lowest BCUT2D eigenvalue weighted by Gasteiger charge is -2.07. The predicted octanol–water partition coefficient (Wildman–Crippen LogP) is 1.94. The first-order chi connectivity index (χ1) is 8.83. The number of nitrogen functional groups attached to an aromatic ring is 1. The van der Waals surface area contributed by atoms with Crippen LogP contribution in [0.5, 0.6) is 0 Å². The molecule has 5 nitrogen and oxygen atoms in total. The molecule has 0 atom stereocenters. The molecular weight excluding hydrogens is 286 g/mol. The van der Waals surface area contributed by atoms with Crippen molar-refractivity contribution in [2.45, 2.75) is 17.6 Å². The van der Waals surface area contributed by atoms with Gasteiger partial charge in [0.15, 0.2) is 9.84 Å². The number of nitrogens with zero attached hydrogens (tertiary/aromatic N) is 2. The Balaban J connectivity index is 2.46. The number of aromatic nitrogens is 2. The van der Waals surface area contributed by atoms with Gasteiger partial charge in [0, 0.05) is 12.6 Å². The molecular formula is C12H14ClN3O2S. The molecule has 2 rings (SSSR count). The van der Waals surface area contributed by atoms with E-state index in [-0.39, 0.29) is 16.3 Å². The van der Waals surface area contributed by atoms with Crippen LogP contribution in [0.15, 0.2) is 29.2 Å². The summed E-state index contributed by atoms with van der Waals surface area (Å²) in [5, 5.41) is 4.43. The molecule has 1 aromatic carbocycles. The number of nitrogens with two attached hydrogens (primary N) is 1. The van der Waals surface area contributed by atoms with Gasteiger partial charge >= 0.3 is 0 Å². The third-order valence-electron chi connectivity index (χ3n) is 2.86. The molecule has 0 spiro atoms. The number of hydrogen-bond donors (Lipinski definition) is 1. The zero-order chi connectivity index (χ0) is 14.2. The summed E-state index contributed by atoms with van der Waals surface area (Å²) in [6.45, 7) is 1.73. The molecule has 2 N–H and O–H groups in total. The van der Waals surface area contributed by atoms with E-state index in [0.29, 0.717) is 16.4 Å². The summed E-state index contributed by atoms with van der Waals surface area (Å²) in [7, 11) is -1.87. The van der Waals surface area contributed by atoms with Gasteiger partial charge in [-0.25, -0.2) is 8.42 Å². The van der Waals surface area contributed by atoms with Crippen molar-refractivity contribution in [3.63, 3.8) is 0 Å². The highest BCUT2D eigenvalue weighted by atomic mass is 35.5. The van der Waals surface area contributed by atoms with Crippen LogP contribution in [0.3, 0.4) is 0 Å². The Morgan fingerprint density at radius 3 is 2.53 bits per heavy atom. The van der Waals surface area contributed by atoms with Gasteiger partial charge in [-0.2, -0.15) is 5.10 Å². The first-order valence-corrected chi connectivity index (χ1v) is 7.61. The smallest absolute Gasteiger partial charge is 0.184 e. The Labute approximate surface area is 116 Å². The standard InChI is InChI=1S/C12H14ClN3O2S/c1-8-9(12(13)16(2)15-8)7-19(17,18)11-6-4-3-5-10(11)14/h3-6H,7,14H2,1-2H3. The second-order valence-corrected chi connectivity index (χ2v) is 6.59.